The Bertz CT molecular complexity index is 559. The van der Waals surface area contributed by atoms with Gasteiger partial charge in [0.1, 0.15) is 0 Å². The molecule has 1 aromatic carbocycles. The van der Waals surface area contributed by atoms with Crippen LogP contribution < -0.4 is 5.43 Å². The van der Waals surface area contributed by atoms with Crippen molar-refractivity contribution in [1.29, 1.82) is 0 Å². The molecule has 1 fully saturated rings. The number of rotatable bonds is 3. The Morgan fingerprint density at radius 2 is 2.11 bits per heavy atom. The minimum Gasteiger partial charge on any atom is -0.272 e. The van der Waals surface area contributed by atoms with Gasteiger partial charge >= 0.3 is 0 Å². The third-order valence-electron chi connectivity index (χ3n) is 3.33. The summed E-state index contributed by atoms with van der Waals surface area (Å²) in [5, 5.41) is 4.77. The Balaban J connectivity index is 2.06. The van der Waals surface area contributed by atoms with Gasteiger partial charge in [0, 0.05) is 5.02 Å². The van der Waals surface area contributed by atoms with E-state index in [1.54, 1.807) is 6.07 Å². The molecule has 1 aromatic rings. The van der Waals surface area contributed by atoms with E-state index in [0.29, 0.717) is 5.02 Å². The highest BCUT2D eigenvalue weighted by Gasteiger charge is 2.66. The smallest absolute Gasteiger partial charge is 0.248 e. The van der Waals surface area contributed by atoms with Crippen molar-refractivity contribution in [2.75, 3.05) is 0 Å². The zero-order valence-electron chi connectivity index (χ0n) is 10.5. The van der Waals surface area contributed by atoms with Crippen molar-refractivity contribution in [1.82, 2.24) is 5.43 Å². The Labute approximate surface area is 134 Å². The molecule has 0 aliphatic heterocycles. The topological polar surface area (TPSA) is 41.5 Å². The van der Waals surface area contributed by atoms with Crippen molar-refractivity contribution < 1.29 is 4.79 Å². The van der Waals surface area contributed by atoms with Gasteiger partial charge in [0.25, 0.3) is 0 Å². The zero-order chi connectivity index (χ0) is 14.3. The minimum atomic E-state index is -0.467. The van der Waals surface area contributed by atoms with Crippen LogP contribution in [0.2, 0.25) is 5.02 Å². The second kappa shape index (κ2) is 5.19. The van der Waals surface area contributed by atoms with Crippen molar-refractivity contribution >= 4 is 55.1 Å². The van der Waals surface area contributed by atoms with Gasteiger partial charge in [-0.15, -0.1) is 0 Å². The molecule has 6 heteroatoms. The molecule has 1 aliphatic carbocycles. The number of alkyl halides is 2. The first-order valence-corrected chi connectivity index (χ1v) is 7.71. The van der Waals surface area contributed by atoms with Crippen LogP contribution in [0.3, 0.4) is 0 Å². The van der Waals surface area contributed by atoms with E-state index in [1.807, 2.05) is 32.0 Å². The van der Waals surface area contributed by atoms with Crippen LogP contribution in [0.15, 0.2) is 29.4 Å². The molecule has 1 saturated carbocycles. The SMILES string of the molecule is C/C(=N/NC(=O)[C@]1(C)CC1(Br)Br)c1cccc(Cl)c1. The van der Waals surface area contributed by atoms with Crippen molar-refractivity contribution in [3.63, 3.8) is 0 Å². The Morgan fingerprint density at radius 1 is 1.47 bits per heavy atom. The first-order chi connectivity index (χ1) is 8.76. The predicted molar refractivity (Wildman–Crippen MR) is 85.1 cm³/mol. The number of hydrogen-bond donors (Lipinski definition) is 1. The largest absolute Gasteiger partial charge is 0.272 e. The molecule has 0 radical (unpaired) electrons. The fourth-order valence-corrected chi connectivity index (χ4v) is 3.35. The van der Waals surface area contributed by atoms with Gasteiger partial charge in [0.05, 0.1) is 14.4 Å². The lowest BCUT2D eigenvalue weighted by molar-refractivity contribution is -0.125. The molecule has 0 heterocycles. The number of benzene rings is 1. The third-order valence-corrected chi connectivity index (χ3v) is 5.87. The lowest BCUT2D eigenvalue weighted by Gasteiger charge is -2.10. The molecule has 102 valence electrons. The Hall–Kier alpha value is -0.390. The standard InChI is InChI=1S/C13H13Br2ClN2O/c1-8(9-4-3-5-10(16)6-9)17-18-11(19)12(2)7-13(12,14)15/h3-6H,7H2,1-2H3,(H,18,19)/b17-8-/t12-/m0/s1. The summed E-state index contributed by atoms with van der Waals surface area (Å²) in [6, 6.07) is 7.36. The van der Waals surface area contributed by atoms with E-state index in [9.17, 15) is 4.79 Å². The third kappa shape index (κ3) is 3.03. The molecular formula is C13H13Br2ClN2O. The average molecular weight is 409 g/mol. The van der Waals surface area contributed by atoms with Crippen LogP contribution in [0.5, 0.6) is 0 Å². The maximum atomic E-state index is 12.0. The summed E-state index contributed by atoms with van der Waals surface area (Å²) < 4.78 is -0.309. The van der Waals surface area contributed by atoms with Gasteiger partial charge in [-0.3, -0.25) is 4.79 Å². The van der Waals surface area contributed by atoms with E-state index in [1.165, 1.54) is 0 Å². The van der Waals surface area contributed by atoms with Crippen LogP contribution in [0.25, 0.3) is 0 Å². The second-order valence-electron chi connectivity index (χ2n) is 4.86. The molecule has 0 aromatic heterocycles. The molecule has 0 spiro atoms. The van der Waals surface area contributed by atoms with E-state index in [2.05, 4.69) is 42.4 Å². The van der Waals surface area contributed by atoms with E-state index in [4.69, 9.17) is 11.6 Å². The highest BCUT2D eigenvalue weighted by atomic mass is 79.9. The predicted octanol–water partition coefficient (Wildman–Crippen LogP) is 4.08. The molecule has 19 heavy (non-hydrogen) atoms. The van der Waals surface area contributed by atoms with Gasteiger partial charge in [-0.1, -0.05) is 55.6 Å². The first kappa shape index (κ1) is 15.0. The van der Waals surface area contributed by atoms with Crippen molar-refractivity contribution in [2.24, 2.45) is 10.5 Å². The number of halogens is 3. The number of nitrogens with one attached hydrogen (secondary N) is 1. The molecule has 2 rings (SSSR count). The van der Waals surface area contributed by atoms with Crippen LogP contribution >= 0.6 is 43.5 Å². The van der Waals surface area contributed by atoms with E-state index < -0.39 is 5.41 Å². The number of nitrogens with zero attached hydrogens (tertiary/aromatic N) is 1. The average Bonchev–Trinajstić information content (AvgIpc) is 2.86. The molecule has 1 atom stereocenters. The molecule has 1 N–H and O–H groups in total. The van der Waals surface area contributed by atoms with Crippen LogP contribution in [0.4, 0.5) is 0 Å². The number of carbonyl (C=O) groups excluding carboxylic acids is 1. The molecule has 0 bridgehead atoms. The van der Waals surface area contributed by atoms with Crippen molar-refractivity contribution in [2.45, 2.75) is 23.5 Å². The van der Waals surface area contributed by atoms with Crippen LogP contribution in [0.1, 0.15) is 25.8 Å². The van der Waals surface area contributed by atoms with Gasteiger partial charge < -0.3 is 0 Å². The maximum absolute atomic E-state index is 12.0. The molecule has 0 saturated heterocycles. The Morgan fingerprint density at radius 3 is 2.63 bits per heavy atom. The maximum Gasteiger partial charge on any atom is 0.248 e. The zero-order valence-corrected chi connectivity index (χ0v) is 14.4. The summed E-state index contributed by atoms with van der Waals surface area (Å²) in [6.45, 7) is 3.72. The van der Waals surface area contributed by atoms with Crippen LogP contribution in [0, 0.1) is 5.41 Å². The lowest BCUT2D eigenvalue weighted by atomic mass is 10.1. The normalized spacial score (nSPS) is 25.0. The van der Waals surface area contributed by atoms with Crippen molar-refractivity contribution in [3.8, 4) is 0 Å². The number of hydrogen-bond acceptors (Lipinski definition) is 2. The summed E-state index contributed by atoms with van der Waals surface area (Å²) >= 11 is 12.8. The second-order valence-corrected chi connectivity index (χ2v) is 9.07. The number of hydrazone groups is 1. The van der Waals surface area contributed by atoms with Gasteiger partial charge in [-0.05, 0) is 38.0 Å². The summed E-state index contributed by atoms with van der Waals surface area (Å²) in [4.78, 5) is 12.0. The highest BCUT2D eigenvalue weighted by molar-refractivity contribution is 9.25. The lowest BCUT2D eigenvalue weighted by Crippen LogP contribution is -2.30. The summed E-state index contributed by atoms with van der Waals surface area (Å²) in [5.41, 5.74) is 3.74. The van der Waals surface area contributed by atoms with Crippen LogP contribution in [-0.4, -0.2) is 14.9 Å². The molecule has 1 aliphatic rings. The molecule has 3 nitrogen and oxygen atoms in total. The number of amides is 1. The summed E-state index contributed by atoms with van der Waals surface area (Å²) in [6.07, 6.45) is 0.734. The number of carbonyl (C=O) groups is 1. The van der Waals surface area contributed by atoms with Gasteiger partial charge in [0.15, 0.2) is 0 Å². The molecule has 0 unspecified atom stereocenters. The van der Waals surface area contributed by atoms with E-state index >= 15 is 0 Å². The van der Waals surface area contributed by atoms with Crippen LogP contribution in [-0.2, 0) is 4.79 Å². The van der Waals surface area contributed by atoms with Gasteiger partial charge in [0.2, 0.25) is 5.91 Å². The highest BCUT2D eigenvalue weighted by Crippen LogP contribution is 2.66. The quantitative estimate of drug-likeness (QED) is 0.457. The monoisotopic (exact) mass is 406 g/mol. The molecule has 1 amide bonds. The fraction of sp³-hybridized carbons (Fsp3) is 0.385. The van der Waals surface area contributed by atoms with Crippen molar-refractivity contribution in [3.05, 3.63) is 34.9 Å². The molecular weight excluding hydrogens is 395 g/mol. The summed E-state index contributed by atoms with van der Waals surface area (Å²) in [7, 11) is 0. The van der Waals surface area contributed by atoms with E-state index in [-0.39, 0.29) is 9.14 Å². The first-order valence-electron chi connectivity index (χ1n) is 5.75. The minimum absolute atomic E-state index is 0.109. The fourth-order valence-electron chi connectivity index (χ4n) is 1.68. The van der Waals surface area contributed by atoms with E-state index in [0.717, 1.165) is 17.7 Å². The van der Waals surface area contributed by atoms with Gasteiger partial charge in [-0.25, -0.2) is 5.43 Å². The Kier molecular flexibility index (Phi) is 4.10. The van der Waals surface area contributed by atoms with Gasteiger partial charge in [-0.2, -0.15) is 5.10 Å². The summed E-state index contributed by atoms with van der Waals surface area (Å²) in [5.74, 6) is -0.109.